The highest BCUT2D eigenvalue weighted by molar-refractivity contribution is 4.89. The zero-order valence-corrected chi connectivity index (χ0v) is 7.69. The van der Waals surface area contributed by atoms with Crippen molar-refractivity contribution in [2.45, 2.75) is 32.7 Å². The van der Waals surface area contributed by atoms with Crippen LogP contribution in [0, 0.1) is 5.92 Å². The third-order valence-electron chi connectivity index (χ3n) is 2.30. The van der Waals surface area contributed by atoms with E-state index < -0.39 is 0 Å². The molecule has 1 rings (SSSR count). The van der Waals surface area contributed by atoms with Crippen LogP contribution in [0.2, 0.25) is 0 Å². The Morgan fingerprint density at radius 3 is 2.64 bits per heavy atom. The lowest BCUT2D eigenvalue weighted by atomic mass is 10.4. The summed E-state index contributed by atoms with van der Waals surface area (Å²) in [6.07, 6.45) is 2.65. The normalized spacial score (nSPS) is 28.9. The molecule has 0 bridgehead atoms. The van der Waals surface area contributed by atoms with Crippen LogP contribution in [0.4, 0.5) is 0 Å². The predicted molar refractivity (Wildman–Crippen MR) is 48.7 cm³/mol. The Hall–Kier alpha value is -0.0800. The molecule has 2 N–H and O–H groups in total. The van der Waals surface area contributed by atoms with Gasteiger partial charge in [0.2, 0.25) is 0 Å². The fraction of sp³-hybridized carbons (Fsp3) is 1.00. The fourth-order valence-corrected chi connectivity index (χ4v) is 1.28. The second-order valence-corrected chi connectivity index (χ2v) is 3.48. The van der Waals surface area contributed by atoms with Crippen molar-refractivity contribution in [1.29, 1.82) is 0 Å². The van der Waals surface area contributed by atoms with Crippen molar-refractivity contribution in [3.63, 3.8) is 0 Å². The summed E-state index contributed by atoms with van der Waals surface area (Å²) in [6.45, 7) is 7.89. The molecule has 66 valence electrons. The molecule has 0 aromatic heterocycles. The topological polar surface area (TPSA) is 24.1 Å². The standard InChI is InChI=1S/C9H20N2/c1-3-10-5-4-6-11-9-7-8(9)2/h8-11H,3-7H2,1-2H3. The lowest BCUT2D eigenvalue weighted by Gasteiger charge is -2.02. The Balaban J connectivity index is 1.74. The molecule has 0 aliphatic heterocycles. The molecular formula is C9H20N2. The minimum absolute atomic E-state index is 0.844. The van der Waals surface area contributed by atoms with Crippen LogP contribution in [0.5, 0.6) is 0 Å². The summed E-state index contributed by atoms with van der Waals surface area (Å²) in [4.78, 5) is 0. The highest BCUT2D eigenvalue weighted by Crippen LogP contribution is 2.28. The number of hydrogen-bond donors (Lipinski definition) is 2. The summed E-state index contributed by atoms with van der Waals surface area (Å²) in [5.41, 5.74) is 0. The van der Waals surface area contributed by atoms with Crippen LogP contribution in [-0.2, 0) is 0 Å². The van der Waals surface area contributed by atoms with Crippen LogP contribution >= 0.6 is 0 Å². The molecule has 0 aromatic rings. The first-order valence-corrected chi connectivity index (χ1v) is 4.78. The second-order valence-electron chi connectivity index (χ2n) is 3.48. The lowest BCUT2D eigenvalue weighted by Crippen LogP contribution is -2.23. The summed E-state index contributed by atoms with van der Waals surface area (Å²) >= 11 is 0. The third kappa shape index (κ3) is 3.73. The fourth-order valence-electron chi connectivity index (χ4n) is 1.28. The van der Waals surface area contributed by atoms with Gasteiger partial charge in [-0.3, -0.25) is 0 Å². The molecule has 1 aliphatic carbocycles. The van der Waals surface area contributed by atoms with Gasteiger partial charge in [-0.15, -0.1) is 0 Å². The number of nitrogens with one attached hydrogen (secondary N) is 2. The molecule has 2 unspecified atom stereocenters. The highest BCUT2D eigenvalue weighted by Gasteiger charge is 2.31. The van der Waals surface area contributed by atoms with Crippen molar-refractivity contribution in [2.75, 3.05) is 19.6 Å². The third-order valence-corrected chi connectivity index (χ3v) is 2.30. The van der Waals surface area contributed by atoms with Crippen LogP contribution in [0.1, 0.15) is 26.7 Å². The largest absolute Gasteiger partial charge is 0.317 e. The molecule has 11 heavy (non-hydrogen) atoms. The van der Waals surface area contributed by atoms with E-state index in [4.69, 9.17) is 0 Å². The van der Waals surface area contributed by atoms with Crippen molar-refractivity contribution in [3.8, 4) is 0 Å². The predicted octanol–water partition coefficient (Wildman–Crippen LogP) is 0.984. The van der Waals surface area contributed by atoms with Gasteiger partial charge < -0.3 is 10.6 Å². The second kappa shape index (κ2) is 4.73. The van der Waals surface area contributed by atoms with Gasteiger partial charge in [-0.05, 0) is 38.4 Å². The average Bonchev–Trinajstić information content (AvgIpc) is 2.67. The minimum Gasteiger partial charge on any atom is -0.317 e. The van der Waals surface area contributed by atoms with Gasteiger partial charge in [-0.25, -0.2) is 0 Å². The van der Waals surface area contributed by atoms with E-state index in [-0.39, 0.29) is 0 Å². The molecular weight excluding hydrogens is 136 g/mol. The lowest BCUT2D eigenvalue weighted by molar-refractivity contribution is 0.590. The first-order valence-electron chi connectivity index (χ1n) is 4.78. The summed E-state index contributed by atoms with van der Waals surface area (Å²) in [5.74, 6) is 0.939. The smallest absolute Gasteiger partial charge is 0.00963 e. The number of rotatable bonds is 6. The molecule has 2 heteroatoms. The molecule has 2 atom stereocenters. The van der Waals surface area contributed by atoms with E-state index in [2.05, 4.69) is 24.5 Å². The van der Waals surface area contributed by atoms with E-state index in [1.165, 1.54) is 19.4 Å². The summed E-state index contributed by atoms with van der Waals surface area (Å²) < 4.78 is 0. The molecule has 0 aromatic carbocycles. The maximum absolute atomic E-state index is 3.53. The summed E-state index contributed by atoms with van der Waals surface area (Å²) in [6, 6.07) is 0.844. The molecule has 0 heterocycles. The minimum atomic E-state index is 0.844. The van der Waals surface area contributed by atoms with E-state index in [0.29, 0.717) is 0 Å². The Morgan fingerprint density at radius 1 is 1.36 bits per heavy atom. The quantitative estimate of drug-likeness (QED) is 0.560. The molecule has 1 fully saturated rings. The first kappa shape index (κ1) is 9.01. The van der Waals surface area contributed by atoms with Gasteiger partial charge in [-0.1, -0.05) is 13.8 Å². The summed E-state index contributed by atoms with van der Waals surface area (Å²) in [7, 11) is 0. The van der Waals surface area contributed by atoms with E-state index in [1.54, 1.807) is 0 Å². The van der Waals surface area contributed by atoms with Gasteiger partial charge in [-0.2, -0.15) is 0 Å². The van der Waals surface area contributed by atoms with E-state index in [0.717, 1.165) is 25.0 Å². The van der Waals surface area contributed by atoms with Crippen LogP contribution in [0.3, 0.4) is 0 Å². The monoisotopic (exact) mass is 156 g/mol. The molecule has 0 amide bonds. The maximum Gasteiger partial charge on any atom is 0.00963 e. The van der Waals surface area contributed by atoms with Gasteiger partial charge >= 0.3 is 0 Å². The molecule has 0 radical (unpaired) electrons. The Kier molecular flexibility index (Phi) is 3.87. The van der Waals surface area contributed by atoms with E-state index >= 15 is 0 Å². The van der Waals surface area contributed by atoms with Crippen molar-refractivity contribution < 1.29 is 0 Å². The summed E-state index contributed by atoms with van der Waals surface area (Å²) in [5, 5.41) is 6.84. The molecule has 0 saturated heterocycles. The van der Waals surface area contributed by atoms with Crippen LogP contribution < -0.4 is 10.6 Å². The van der Waals surface area contributed by atoms with Crippen LogP contribution in [-0.4, -0.2) is 25.7 Å². The maximum atomic E-state index is 3.53. The zero-order chi connectivity index (χ0) is 8.10. The Labute approximate surface area is 69.8 Å². The van der Waals surface area contributed by atoms with Gasteiger partial charge in [0.1, 0.15) is 0 Å². The molecule has 2 nitrogen and oxygen atoms in total. The van der Waals surface area contributed by atoms with Gasteiger partial charge in [0, 0.05) is 6.04 Å². The van der Waals surface area contributed by atoms with Gasteiger partial charge in [0.15, 0.2) is 0 Å². The van der Waals surface area contributed by atoms with Crippen LogP contribution in [0.25, 0.3) is 0 Å². The average molecular weight is 156 g/mol. The van der Waals surface area contributed by atoms with Gasteiger partial charge in [0.05, 0.1) is 0 Å². The highest BCUT2D eigenvalue weighted by atomic mass is 15.0. The van der Waals surface area contributed by atoms with E-state index in [1.807, 2.05) is 0 Å². The SMILES string of the molecule is CCNCCCNC1CC1C. The van der Waals surface area contributed by atoms with Gasteiger partial charge in [0.25, 0.3) is 0 Å². The molecule has 1 aliphatic rings. The zero-order valence-electron chi connectivity index (χ0n) is 7.69. The Morgan fingerprint density at radius 2 is 2.09 bits per heavy atom. The first-order chi connectivity index (χ1) is 5.34. The van der Waals surface area contributed by atoms with Crippen LogP contribution in [0.15, 0.2) is 0 Å². The van der Waals surface area contributed by atoms with Crippen molar-refractivity contribution in [2.24, 2.45) is 5.92 Å². The van der Waals surface area contributed by atoms with Crippen molar-refractivity contribution >= 4 is 0 Å². The number of hydrogen-bond acceptors (Lipinski definition) is 2. The molecule has 0 spiro atoms. The molecule has 1 saturated carbocycles. The van der Waals surface area contributed by atoms with Crippen molar-refractivity contribution in [1.82, 2.24) is 10.6 Å². The van der Waals surface area contributed by atoms with Crippen molar-refractivity contribution in [3.05, 3.63) is 0 Å². The Bertz CT molecular complexity index is 104. The van der Waals surface area contributed by atoms with E-state index in [9.17, 15) is 0 Å².